The molecule has 7 nitrogen and oxygen atoms in total. The van der Waals surface area contributed by atoms with Crippen LogP contribution >= 0.6 is 0 Å². The number of furan rings is 1. The van der Waals surface area contributed by atoms with E-state index in [1.807, 2.05) is 37.3 Å². The number of rotatable bonds is 6. The first-order valence-electron chi connectivity index (χ1n) is 9.16. The lowest BCUT2D eigenvalue weighted by molar-refractivity contribution is 0.0931. The predicted octanol–water partition coefficient (Wildman–Crippen LogP) is 4.43. The summed E-state index contributed by atoms with van der Waals surface area (Å²) in [6.07, 6.45) is 0. The number of benzene rings is 2. The highest BCUT2D eigenvalue weighted by Gasteiger charge is 2.21. The smallest absolute Gasteiger partial charge is 0.268 e. The summed E-state index contributed by atoms with van der Waals surface area (Å²) >= 11 is 0. The second-order valence-corrected chi connectivity index (χ2v) is 6.67. The Morgan fingerprint density at radius 1 is 1.03 bits per heavy atom. The molecule has 0 aliphatic rings. The van der Waals surface area contributed by atoms with E-state index in [9.17, 15) is 4.79 Å². The van der Waals surface area contributed by atoms with Gasteiger partial charge in [0.05, 0.1) is 32.9 Å². The van der Waals surface area contributed by atoms with Crippen molar-refractivity contribution in [3.05, 3.63) is 53.9 Å². The maximum absolute atomic E-state index is 12.9. The molecule has 150 valence electrons. The normalized spacial score (nSPS) is 12.1. The molecular formula is C22H22N2O5. The molecule has 4 rings (SSSR count). The van der Waals surface area contributed by atoms with Crippen molar-refractivity contribution < 1.29 is 23.4 Å². The van der Waals surface area contributed by atoms with E-state index in [0.29, 0.717) is 34.2 Å². The summed E-state index contributed by atoms with van der Waals surface area (Å²) in [5, 5.41) is 4.69. The van der Waals surface area contributed by atoms with Gasteiger partial charge in [-0.05, 0) is 25.1 Å². The Hall–Kier alpha value is -3.61. The minimum absolute atomic E-state index is 0.266. The van der Waals surface area contributed by atoms with Gasteiger partial charge in [0, 0.05) is 16.8 Å². The number of methoxy groups -OCH3 is 3. The number of para-hydroxylation sites is 1. The molecule has 0 bridgehead atoms. The minimum atomic E-state index is -0.306. The molecule has 1 atom stereocenters. The summed E-state index contributed by atoms with van der Waals surface area (Å²) in [6.45, 7) is 1.88. The zero-order chi connectivity index (χ0) is 20.5. The van der Waals surface area contributed by atoms with Crippen LogP contribution in [0.15, 0.2) is 46.9 Å². The summed E-state index contributed by atoms with van der Waals surface area (Å²) in [5.74, 6) is 2.02. The van der Waals surface area contributed by atoms with Crippen molar-refractivity contribution in [2.45, 2.75) is 13.0 Å². The van der Waals surface area contributed by atoms with Crippen LogP contribution in [0.25, 0.3) is 21.9 Å². The largest absolute Gasteiger partial charge is 0.496 e. The number of aromatic amines is 1. The molecule has 0 saturated heterocycles. The van der Waals surface area contributed by atoms with Gasteiger partial charge in [0.25, 0.3) is 5.91 Å². The van der Waals surface area contributed by atoms with Crippen molar-refractivity contribution in [2.75, 3.05) is 21.3 Å². The standard InChI is InChI=1S/C22H22N2O5/c1-12(17-9-13-7-5-6-8-16(13)29-17)23-22(25)15-10-14-18(26-2)11-19(27-3)21(28-4)20(14)24-15/h5-12,24H,1-4H3,(H,23,25). The van der Waals surface area contributed by atoms with Gasteiger partial charge < -0.3 is 28.9 Å². The Balaban J connectivity index is 1.66. The fourth-order valence-corrected chi connectivity index (χ4v) is 3.42. The van der Waals surface area contributed by atoms with Crippen molar-refractivity contribution in [2.24, 2.45) is 0 Å². The maximum Gasteiger partial charge on any atom is 0.268 e. The number of carbonyl (C=O) groups is 1. The van der Waals surface area contributed by atoms with Gasteiger partial charge >= 0.3 is 0 Å². The van der Waals surface area contributed by atoms with E-state index < -0.39 is 0 Å². The van der Waals surface area contributed by atoms with Gasteiger partial charge in [0.15, 0.2) is 11.5 Å². The summed E-state index contributed by atoms with van der Waals surface area (Å²) in [6, 6.07) is 12.8. The lowest BCUT2D eigenvalue weighted by Crippen LogP contribution is -2.26. The lowest BCUT2D eigenvalue weighted by Gasteiger charge is -2.11. The highest BCUT2D eigenvalue weighted by atomic mass is 16.5. The molecule has 2 heterocycles. The topological polar surface area (TPSA) is 85.7 Å². The summed E-state index contributed by atoms with van der Waals surface area (Å²) in [7, 11) is 4.67. The molecule has 0 fully saturated rings. The van der Waals surface area contributed by atoms with E-state index in [1.54, 1.807) is 33.5 Å². The third-order valence-electron chi connectivity index (χ3n) is 4.90. The van der Waals surface area contributed by atoms with Gasteiger partial charge in [-0.15, -0.1) is 0 Å². The molecule has 2 aromatic heterocycles. The highest BCUT2D eigenvalue weighted by Crippen LogP contribution is 2.41. The molecule has 4 aromatic rings. The summed E-state index contributed by atoms with van der Waals surface area (Å²) in [4.78, 5) is 16.0. The van der Waals surface area contributed by atoms with E-state index in [0.717, 1.165) is 16.4 Å². The number of nitrogens with one attached hydrogen (secondary N) is 2. The Labute approximate surface area is 167 Å². The molecule has 2 N–H and O–H groups in total. The second kappa shape index (κ2) is 7.43. The van der Waals surface area contributed by atoms with Gasteiger partial charge in [-0.1, -0.05) is 18.2 Å². The minimum Gasteiger partial charge on any atom is -0.496 e. The molecule has 29 heavy (non-hydrogen) atoms. The lowest BCUT2D eigenvalue weighted by atomic mass is 10.2. The SMILES string of the molecule is COc1cc(OC)c2cc(C(=O)NC(C)c3cc4ccccc4o3)[nH]c2c1OC. The summed E-state index contributed by atoms with van der Waals surface area (Å²) < 4.78 is 22.1. The van der Waals surface area contributed by atoms with Crippen molar-refractivity contribution in [3.63, 3.8) is 0 Å². The number of ether oxygens (including phenoxy) is 3. The number of fused-ring (bicyclic) bond motifs is 2. The molecular weight excluding hydrogens is 372 g/mol. The van der Waals surface area contributed by atoms with Crippen LogP contribution in [0.3, 0.4) is 0 Å². The predicted molar refractivity (Wildman–Crippen MR) is 110 cm³/mol. The zero-order valence-corrected chi connectivity index (χ0v) is 16.7. The molecule has 0 aliphatic heterocycles. The van der Waals surface area contributed by atoms with Gasteiger partial charge in [-0.2, -0.15) is 0 Å². The average Bonchev–Trinajstić information content (AvgIpc) is 3.37. The molecule has 1 unspecified atom stereocenters. The van der Waals surface area contributed by atoms with Crippen LogP contribution < -0.4 is 19.5 Å². The fourth-order valence-electron chi connectivity index (χ4n) is 3.42. The Morgan fingerprint density at radius 2 is 1.79 bits per heavy atom. The maximum atomic E-state index is 12.9. The van der Waals surface area contributed by atoms with E-state index in [4.69, 9.17) is 18.6 Å². The molecule has 0 radical (unpaired) electrons. The summed E-state index contributed by atoms with van der Waals surface area (Å²) in [5.41, 5.74) is 1.80. The molecule has 0 spiro atoms. The Bertz CT molecular complexity index is 1160. The van der Waals surface area contributed by atoms with Crippen molar-refractivity contribution in [1.29, 1.82) is 0 Å². The number of carbonyl (C=O) groups excluding carboxylic acids is 1. The van der Waals surface area contributed by atoms with E-state index in [-0.39, 0.29) is 11.9 Å². The number of hydrogen-bond acceptors (Lipinski definition) is 5. The van der Waals surface area contributed by atoms with Gasteiger partial charge in [-0.3, -0.25) is 4.79 Å². The zero-order valence-electron chi connectivity index (χ0n) is 16.7. The molecule has 1 amide bonds. The van der Waals surface area contributed by atoms with Crippen LogP contribution in [0.5, 0.6) is 17.2 Å². The number of amides is 1. The number of H-pyrrole nitrogens is 1. The van der Waals surface area contributed by atoms with Crippen LogP contribution in [0.4, 0.5) is 0 Å². The van der Waals surface area contributed by atoms with Crippen LogP contribution in [-0.4, -0.2) is 32.2 Å². The van der Waals surface area contributed by atoms with E-state index in [2.05, 4.69) is 10.3 Å². The third-order valence-corrected chi connectivity index (χ3v) is 4.90. The Kier molecular flexibility index (Phi) is 4.80. The first kappa shape index (κ1) is 18.7. The first-order valence-corrected chi connectivity index (χ1v) is 9.16. The fraction of sp³-hybridized carbons (Fsp3) is 0.227. The quantitative estimate of drug-likeness (QED) is 0.505. The van der Waals surface area contributed by atoms with Crippen LogP contribution in [0.2, 0.25) is 0 Å². The van der Waals surface area contributed by atoms with Crippen molar-refractivity contribution in [3.8, 4) is 17.2 Å². The molecule has 0 saturated carbocycles. The van der Waals surface area contributed by atoms with Crippen molar-refractivity contribution >= 4 is 27.8 Å². The van der Waals surface area contributed by atoms with Crippen molar-refractivity contribution in [1.82, 2.24) is 10.3 Å². The van der Waals surface area contributed by atoms with Gasteiger partial charge in [-0.25, -0.2) is 0 Å². The van der Waals surface area contributed by atoms with Crippen LogP contribution in [0.1, 0.15) is 29.2 Å². The average molecular weight is 394 g/mol. The monoisotopic (exact) mass is 394 g/mol. The van der Waals surface area contributed by atoms with Crippen LogP contribution in [0, 0.1) is 0 Å². The van der Waals surface area contributed by atoms with Gasteiger partial charge in [0.1, 0.15) is 22.8 Å². The molecule has 2 aromatic carbocycles. The Morgan fingerprint density at radius 3 is 2.48 bits per heavy atom. The molecule has 7 heteroatoms. The van der Waals surface area contributed by atoms with E-state index >= 15 is 0 Å². The highest BCUT2D eigenvalue weighted by molar-refractivity contribution is 6.02. The van der Waals surface area contributed by atoms with Crippen LogP contribution in [-0.2, 0) is 0 Å². The molecule has 0 aliphatic carbocycles. The number of aromatic nitrogens is 1. The van der Waals surface area contributed by atoms with Gasteiger partial charge in [0.2, 0.25) is 0 Å². The number of hydrogen-bond donors (Lipinski definition) is 2. The third kappa shape index (κ3) is 3.24. The van der Waals surface area contributed by atoms with E-state index in [1.165, 1.54) is 0 Å². The first-order chi connectivity index (χ1) is 14.0. The second-order valence-electron chi connectivity index (χ2n) is 6.67.